The second-order valence-corrected chi connectivity index (χ2v) is 2.76. The van der Waals surface area contributed by atoms with Gasteiger partial charge in [-0.15, -0.1) is 0 Å². The number of hydrogen-bond donors (Lipinski definition) is 0. The van der Waals surface area contributed by atoms with E-state index in [2.05, 4.69) is 6.92 Å². The molecule has 0 fully saturated rings. The second kappa shape index (κ2) is 5.71. The zero-order valence-electron chi connectivity index (χ0n) is 4.79. The zero-order chi connectivity index (χ0) is 6.41. The lowest BCUT2D eigenvalue weighted by molar-refractivity contribution is 0.746. The van der Waals surface area contributed by atoms with E-state index in [-0.39, 0.29) is 0 Å². The van der Waals surface area contributed by atoms with Crippen LogP contribution in [0.4, 0.5) is 0 Å². The van der Waals surface area contributed by atoms with E-state index in [9.17, 15) is 0 Å². The molecule has 0 aromatic carbocycles. The van der Waals surface area contributed by atoms with Crippen LogP contribution in [0, 0.1) is 11.8 Å². The van der Waals surface area contributed by atoms with Crippen molar-refractivity contribution in [1.82, 2.24) is 0 Å². The molecule has 0 saturated carbocycles. The van der Waals surface area contributed by atoms with Crippen molar-refractivity contribution in [3.05, 3.63) is 11.8 Å². The van der Waals surface area contributed by atoms with Gasteiger partial charge in [-0.05, 0) is 6.42 Å². The summed E-state index contributed by atoms with van der Waals surface area (Å²) in [6, 6.07) is 0. The quantitative estimate of drug-likeness (QED) is 0.543. The molecule has 0 rings (SSSR count). The Bertz CT molecular complexity index is 43.8. The smallest absolute Gasteiger partial charge is 0.0983 e. The van der Waals surface area contributed by atoms with Gasteiger partial charge in [0.05, 0.1) is 0 Å². The van der Waals surface area contributed by atoms with Gasteiger partial charge in [-0.2, -0.15) is 0 Å². The van der Waals surface area contributed by atoms with Gasteiger partial charge in [-0.1, -0.05) is 49.4 Å². The van der Waals surface area contributed by atoms with Crippen LogP contribution in [0.1, 0.15) is 25.7 Å². The molecular weight excluding hydrogens is 143 g/mol. The molecule has 0 N–H and O–H groups in total. The van der Waals surface area contributed by atoms with E-state index in [0.717, 1.165) is 25.7 Å². The molecule has 0 aromatic rings. The Balaban J connectivity index is 2.72. The Kier molecular flexibility index (Phi) is 6.13. The van der Waals surface area contributed by atoms with Crippen LogP contribution in [-0.2, 0) is 0 Å². The van der Waals surface area contributed by atoms with Crippen molar-refractivity contribution in [1.29, 1.82) is 0 Å². The van der Waals surface area contributed by atoms with E-state index in [1.165, 1.54) is 0 Å². The Hall–Kier alpha value is 0.580. The summed E-state index contributed by atoms with van der Waals surface area (Å²) < 4.78 is 0. The summed E-state index contributed by atoms with van der Waals surface area (Å²) in [5.41, 5.74) is 0. The number of hydrogen-bond acceptors (Lipinski definition) is 0. The number of rotatable bonds is 4. The summed E-state index contributed by atoms with van der Waals surface area (Å²) in [6.07, 6.45) is 3.97. The molecule has 0 saturated heterocycles. The fraction of sp³-hybridized carbons (Fsp3) is 0.667. The molecule has 0 amide bonds. The predicted molar refractivity (Wildman–Crippen MR) is 38.8 cm³/mol. The lowest BCUT2D eigenvalue weighted by atomic mass is 10.2. The third kappa shape index (κ3) is 6.58. The summed E-state index contributed by atoms with van der Waals surface area (Å²) in [5.74, 6) is 0. The van der Waals surface area contributed by atoms with Crippen LogP contribution in [0.25, 0.3) is 0 Å². The molecule has 0 unspecified atom stereocenters. The van der Waals surface area contributed by atoms with Gasteiger partial charge in [0, 0.05) is 0 Å². The lowest BCUT2D eigenvalue weighted by Crippen LogP contribution is -1.76. The first-order valence-corrected chi connectivity index (χ1v) is 3.49. The fourth-order valence-corrected chi connectivity index (χ4v) is 0.703. The SMILES string of the molecule is [CH2]CCCC[C](Cl)Cl. The highest BCUT2D eigenvalue weighted by atomic mass is 35.5. The number of halogens is 2. The van der Waals surface area contributed by atoms with Crippen LogP contribution in [-0.4, -0.2) is 0 Å². The average molecular weight is 153 g/mol. The van der Waals surface area contributed by atoms with Gasteiger partial charge in [-0.3, -0.25) is 0 Å². The van der Waals surface area contributed by atoms with Crippen LogP contribution in [0.3, 0.4) is 0 Å². The molecule has 0 nitrogen and oxygen atoms in total. The molecule has 0 heterocycles. The van der Waals surface area contributed by atoms with E-state index >= 15 is 0 Å². The minimum atomic E-state index is 0.485. The third-order valence-electron chi connectivity index (χ3n) is 0.866. The monoisotopic (exact) mass is 152 g/mol. The van der Waals surface area contributed by atoms with Gasteiger partial charge in [0.2, 0.25) is 0 Å². The highest BCUT2D eigenvalue weighted by Crippen LogP contribution is 2.19. The molecule has 0 aliphatic heterocycles. The Morgan fingerprint density at radius 3 is 2.25 bits per heavy atom. The van der Waals surface area contributed by atoms with Gasteiger partial charge in [0.25, 0.3) is 0 Å². The van der Waals surface area contributed by atoms with Crippen molar-refractivity contribution in [3.63, 3.8) is 0 Å². The molecule has 0 aromatic heterocycles. The van der Waals surface area contributed by atoms with Crippen molar-refractivity contribution in [3.8, 4) is 0 Å². The van der Waals surface area contributed by atoms with Crippen LogP contribution >= 0.6 is 23.2 Å². The van der Waals surface area contributed by atoms with E-state index in [1.807, 2.05) is 0 Å². The van der Waals surface area contributed by atoms with Crippen molar-refractivity contribution < 1.29 is 0 Å². The topological polar surface area (TPSA) is 0 Å². The van der Waals surface area contributed by atoms with Crippen LogP contribution in [0.15, 0.2) is 0 Å². The molecule has 0 spiro atoms. The molecule has 2 heteroatoms. The third-order valence-corrected chi connectivity index (χ3v) is 1.24. The zero-order valence-corrected chi connectivity index (χ0v) is 6.30. The molecule has 8 heavy (non-hydrogen) atoms. The maximum absolute atomic E-state index is 5.38. The van der Waals surface area contributed by atoms with Crippen molar-refractivity contribution in [2.45, 2.75) is 25.7 Å². The molecule has 0 bridgehead atoms. The van der Waals surface area contributed by atoms with Crippen molar-refractivity contribution >= 4 is 23.2 Å². The fourth-order valence-electron chi connectivity index (χ4n) is 0.435. The molecule has 0 aliphatic rings. The van der Waals surface area contributed by atoms with Gasteiger partial charge in [0.1, 0.15) is 0 Å². The van der Waals surface area contributed by atoms with E-state index in [4.69, 9.17) is 23.2 Å². The normalized spacial score (nSPS) is 10.5. The summed E-state index contributed by atoms with van der Waals surface area (Å²) in [5, 5.41) is 0. The number of unbranched alkanes of at least 4 members (excludes halogenated alkanes) is 2. The van der Waals surface area contributed by atoms with Crippen molar-refractivity contribution in [2.75, 3.05) is 0 Å². The van der Waals surface area contributed by atoms with E-state index < -0.39 is 0 Å². The predicted octanol–water partition coefficient (Wildman–Crippen LogP) is 3.35. The molecule has 0 atom stereocenters. The van der Waals surface area contributed by atoms with Gasteiger partial charge in [-0.25, -0.2) is 0 Å². The van der Waals surface area contributed by atoms with E-state index in [0.29, 0.717) is 4.84 Å². The maximum Gasteiger partial charge on any atom is 0.151 e. The Morgan fingerprint density at radius 2 is 1.88 bits per heavy atom. The van der Waals surface area contributed by atoms with Crippen LogP contribution in [0.5, 0.6) is 0 Å². The minimum Gasteiger partial charge on any atom is -0.0983 e. The van der Waals surface area contributed by atoms with Gasteiger partial charge < -0.3 is 0 Å². The first kappa shape index (κ1) is 8.58. The minimum absolute atomic E-state index is 0.485. The largest absolute Gasteiger partial charge is 0.151 e. The second-order valence-electron chi connectivity index (χ2n) is 1.65. The summed E-state index contributed by atoms with van der Waals surface area (Å²) >= 11 is 10.8. The van der Waals surface area contributed by atoms with Crippen LogP contribution in [0.2, 0.25) is 0 Å². The van der Waals surface area contributed by atoms with E-state index in [1.54, 1.807) is 0 Å². The first-order chi connectivity index (χ1) is 3.77. The van der Waals surface area contributed by atoms with Gasteiger partial charge in [0.15, 0.2) is 4.84 Å². The Morgan fingerprint density at radius 1 is 1.25 bits per heavy atom. The highest BCUT2D eigenvalue weighted by Gasteiger charge is 1.96. The standard InChI is InChI=1S/C6H10Cl2/c1-2-3-4-5-6(7)8/h1-5H2. The lowest BCUT2D eigenvalue weighted by Gasteiger charge is -1.95. The van der Waals surface area contributed by atoms with Crippen molar-refractivity contribution in [2.24, 2.45) is 0 Å². The molecular formula is C6H10Cl2. The Labute approximate surface area is 61.2 Å². The molecule has 2 radical (unpaired) electrons. The van der Waals surface area contributed by atoms with Gasteiger partial charge >= 0.3 is 0 Å². The maximum atomic E-state index is 5.38. The highest BCUT2D eigenvalue weighted by molar-refractivity contribution is 6.52. The summed E-state index contributed by atoms with van der Waals surface area (Å²) in [6.45, 7) is 3.69. The average Bonchev–Trinajstić information content (AvgIpc) is 1.66. The van der Waals surface area contributed by atoms with Crippen LogP contribution < -0.4 is 0 Å². The molecule has 0 aliphatic carbocycles. The summed E-state index contributed by atoms with van der Waals surface area (Å²) in [4.78, 5) is 0.485. The molecule has 48 valence electrons. The first-order valence-electron chi connectivity index (χ1n) is 2.73. The summed E-state index contributed by atoms with van der Waals surface area (Å²) in [7, 11) is 0.